The van der Waals surface area contributed by atoms with Gasteiger partial charge in [-0.1, -0.05) is 42.5 Å². The van der Waals surface area contributed by atoms with Gasteiger partial charge < -0.3 is 10.1 Å². The van der Waals surface area contributed by atoms with Crippen molar-refractivity contribution < 1.29 is 17.9 Å². The monoisotopic (exact) mass is 438 g/mol. The van der Waals surface area contributed by atoms with Crippen molar-refractivity contribution in [1.82, 2.24) is 5.32 Å². The van der Waals surface area contributed by atoms with Crippen LogP contribution in [0.3, 0.4) is 0 Å². The Morgan fingerprint density at radius 1 is 0.968 bits per heavy atom. The van der Waals surface area contributed by atoms with Gasteiger partial charge in [0.1, 0.15) is 12.4 Å². The minimum absolute atomic E-state index is 0.224. The summed E-state index contributed by atoms with van der Waals surface area (Å²) in [4.78, 5) is 12.4. The van der Waals surface area contributed by atoms with E-state index < -0.39 is 10.0 Å². The highest BCUT2D eigenvalue weighted by Gasteiger charge is 2.18. The van der Waals surface area contributed by atoms with Gasteiger partial charge in [0.25, 0.3) is 5.91 Å². The van der Waals surface area contributed by atoms with Crippen molar-refractivity contribution in [2.75, 3.05) is 23.7 Å². The molecule has 6 nitrogen and oxygen atoms in total. The number of carbonyl (C=O) groups excluding carboxylic acids is 1. The average Bonchev–Trinajstić information content (AvgIpc) is 2.75. The highest BCUT2D eigenvalue weighted by molar-refractivity contribution is 7.92. The second kappa shape index (κ2) is 10.1. The van der Waals surface area contributed by atoms with Crippen LogP contribution in [0.2, 0.25) is 0 Å². The van der Waals surface area contributed by atoms with Gasteiger partial charge in [-0.3, -0.25) is 9.10 Å². The molecule has 0 bridgehead atoms. The fourth-order valence-corrected chi connectivity index (χ4v) is 3.96. The van der Waals surface area contributed by atoms with Crippen LogP contribution in [-0.2, 0) is 16.6 Å². The van der Waals surface area contributed by atoms with Gasteiger partial charge in [0.05, 0.1) is 25.0 Å². The molecule has 0 unspecified atom stereocenters. The summed E-state index contributed by atoms with van der Waals surface area (Å²) in [5.74, 6) is 0.520. The number of carbonyl (C=O) groups is 1. The molecule has 0 saturated heterocycles. The van der Waals surface area contributed by atoms with Crippen LogP contribution in [0.1, 0.15) is 21.5 Å². The summed E-state index contributed by atoms with van der Waals surface area (Å²) >= 11 is 0. The van der Waals surface area contributed by atoms with Crippen LogP contribution in [0.15, 0.2) is 78.9 Å². The maximum atomic E-state index is 12.4. The van der Waals surface area contributed by atoms with E-state index in [0.29, 0.717) is 24.4 Å². The number of aryl methyl sites for hydroxylation is 1. The fourth-order valence-electron chi connectivity index (χ4n) is 3.07. The Morgan fingerprint density at radius 2 is 1.68 bits per heavy atom. The smallest absolute Gasteiger partial charge is 0.251 e. The third kappa shape index (κ3) is 6.58. The molecule has 0 aromatic heterocycles. The first-order valence-corrected chi connectivity index (χ1v) is 11.8. The molecule has 0 aliphatic rings. The van der Waals surface area contributed by atoms with E-state index >= 15 is 0 Å². The quantitative estimate of drug-likeness (QED) is 0.516. The van der Waals surface area contributed by atoms with E-state index in [2.05, 4.69) is 5.32 Å². The highest BCUT2D eigenvalue weighted by atomic mass is 32.2. The zero-order chi connectivity index (χ0) is 22.3. The molecular weight excluding hydrogens is 412 g/mol. The Balaban J connectivity index is 1.59. The van der Waals surface area contributed by atoms with E-state index in [0.717, 1.165) is 16.9 Å². The van der Waals surface area contributed by atoms with Crippen LogP contribution in [0.4, 0.5) is 5.69 Å². The number of ether oxygens (including phenoxy) is 1. The van der Waals surface area contributed by atoms with Crippen LogP contribution >= 0.6 is 0 Å². The number of hydrogen-bond donors (Lipinski definition) is 1. The predicted octanol–water partition coefficient (Wildman–Crippen LogP) is 3.77. The highest BCUT2D eigenvalue weighted by Crippen LogP contribution is 2.21. The van der Waals surface area contributed by atoms with Gasteiger partial charge >= 0.3 is 0 Å². The normalized spacial score (nSPS) is 11.0. The molecule has 162 valence electrons. The van der Waals surface area contributed by atoms with Crippen LogP contribution in [0.5, 0.6) is 5.75 Å². The molecule has 0 radical (unpaired) electrons. The van der Waals surface area contributed by atoms with Gasteiger partial charge in [-0.2, -0.15) is 0 Å². The molecular formula is C24H26N2O4S. The van der Waals surface area contributed by atoms with Crippen molar-refractivity contribution in [2.45, 2.75) is 13.5 Å². The molecule has 0 aliphatic heterocycles. The summed E-state index contributed by atoms with van der Waals surface area (Å²) in [5, 5.41) is 2.81. The number of nitrogens with one attached hydrogen (secondary N) is 1. The number of amides is 1. The number of anilines is 1. The molecule has 0 atom stereocenters. The zero-order valence-corrected chi connectivity index (χ0v) is 18.4. The van der Waals surface area contributed by atoms with Gasteiger partial charge in [0, 0.05) is 5.56 Å². The molecule has 0 saturated carbocycles. The average molecular weight is 439 g/mol. The van der Waals surface area contributed by atoms with Crippen LogP contribution in [0, 0.1) is 6.92 Å². The zero-order valence-electron chi connectivity index (χ0n) is 17.6. The van der Waals surface area contributed by atoms with Crippen LogP contribution in [-0.4, -0.2) is 33.7 Å². The maximum absolute atomic E-state index is 12.4. The lowest BCUT2D eigenvalue weighted by Gasteiger charge is -2.22. The first kappa shape index (κ1) is 22.4. The van der Waals surface area contributed by atoms with Crippen molar-refractivity contribution in [3.05, 3.63) is 95.6 Å². The Kier molecular flexibility index (Phi) is 7.31. The topological polar surface area (TPSA) is 75.7 Å². The first-order chi connectivity index (χ1) is 14.8. The number of rotatable bonds is 9. The molecule has 0 heterocycles. The van der Waals surface area contributed by atoms with Crippen molar-refractivity contribution in [2.24, 2.45) is 0 Å². The van der Waals surface area contributed by atoms with Gasteiger partial charge in [-0.15, -0.1) is 0 Å². The standard InChI is InChI=1S/C24H26N2O4S/c1-19-7-6-10-23(17-19)30-16-15-25-24(27)21-11-13-22(14-12-21)26(31(2,28)29)18-20-8-4-3-5-9-20/h3-14,17H,15-16,18H2,1-2H3,(H,25,27). The number of nitrogens with zero attached hydrogens (tertiary/aromatic N) is 1. The van der Waals surface area contributed by atoms with Gasteiger partial charge in [0.2, 0.25) is 10.0 Å². The maximum Gasteiger partial charge on any atom is 0.251 e. The van der Waals surface area contributed by atoms with E-state index in [9.17, 15) is 13.2 Å². The number of sulfonamides is 1. The molecule has 3 rings (SSSR count). The third-order valence-corrected chi connectivity index (χ3v) is 5.77. The lowest BCUT2D eigenvalue weighted by Crippen LogP contribution is -2.30. The van der Waals surface area contributed by atoms with Crippen molar-refractivity contribution in [3.8, 4) is 5.75 Å². The van der Waals surface area contributed by atoms with Gasteiger partial charge in [-0.25, -0.2) is 8.42 Å². The molecule has 31 heavy (non-hydrogen) atoms. The molecule has 1 N–H and O–H groups in total. The molecule has 0 fully saturated rings. The molecule has 0 aliphatic carbocycles. The molecule has 0 spiro atoms. The summed E-state index contributed by atoms with van der Waals surface area (Å²) in [6, 6.07) is 23.6. The van der Waals surface area contributed by atoms with Crippen LogP contribution < -0.4 is 14.4 Å². The van der Waals surface area contributed by atoms with Gasteiger partial charge in [0.15, 0.2) is 0 Å². The van der Waals surface area contributed by atoms with Gasteiger partial charge in [-0.05, 0) is 54.4 Å². The molecule has 7 heteroatoms. The molecule has 3 aromatic rings. The van der Waals surface area contributed by atoms with Crippen LogP contribution in [0.25, 0.3) is 0 Å². The van der Waals surface area contributed by atoms with E-state index in [1.807, 2.05) is 61.5 Å². The molecule has 1 amide bonds. The van der Waals surface area contributed by atoms with Crippen molar-refractivity contribution >= 4 is 21.6 Å². The minimum Gasteiger partial charge on any atom is -0.492 e. The third-order valence-electron chi connectivity index (χ3n) is 4.63. The summed E-state index contributed by atoms with van der Waals surface area (Å²) < 4.78 is 31.5. The largest absolute Gasteiger partial charge is 0.492 e. The Labute approximate surface area is 183 Å². The summed E-state index contributed by atoms with van der Waals surface area (Å²) in [7, 11) is -3.48. The second-order valence-electron chi connectivity index (χ2n) is 7.22. The lowest BCUT2D eigenvalue weighted by molar-refractivity contribution is 0.0947. The Morgan fingerprint density at radius 3 is 2.32 bits per heavy atom. The number of hydrogen-bond acceptors (Lipinski definition) is 4. The summed E-state index contributed by atoms with van der Waals surface area (Å²) in [5.41, 5.74) is 2.94. The minimum atomic E-state index is -3.48. The van der Waals surface area contributed by atoms with E-state index in [1.54, 1.807) is 24.3 Å². The predicted molar refractivity (Wildman–Crippen MR) is 123 cm³/mol. The fraction of sp³-hybridized carbons (Fsp3) is 0.208. The van der Waals surface area contributed by atoms with E-state index in [-0.39, 0.29) is 12.5 Å². The lowest BCUT2D eigenvalue weighted by atomic mass is 10.2. The number of benzene rings is 3. The Hall–Kier alpha value is -3.32. The first-order valence-electron chi connectivity index (χ1n) is 9.92. The van der Waals surface area contributed by atoms with E-state index in [4.69, 9.17) is 4.74 Å². The second-order valence-corrected chi connectivity index (χ2v) is 9.13. The summed E-state index contributed by atoms with van der Waals surface area (Å²) in [6.07, 6.45) is 1.17. The SMILES string of the molecule is Cc1cccc(OCCNC(=O)c2ccc(N(Cc3ccccc3)S(C)(=O)=O)cc2)c1. The Bertz CT molecular complexity index is 1110. The van der Waals surface area contributed by atoms with Crippen molar-refractivity contribution in [3.63, 3.8) is 0 Å². The van der Waals surface area contributed by atoms with E-state index in [1.165, 1.54) is 10.6 Å². The van der Waals surface area contributed by atoms with Crippen molar-refractivity contribution in [1.29, 1.82) is 0 Å². The molecule has 3 aromatic carbocycles. The summed E-state index contributed by atoms with van der Waals surface area (Å²) in [6.45, 7) is 2.93.